The molecule has 0 aliphatic carbocycles. The maximum atomic E-state index is 12.4. The minimum atomic E-state index is 0.00690. The summed E-state index contributed by atoms with van der Waals surface area (Å²) in [5.41, 5.74) is 3.11. The van der Waals surface area contributed by atoms with Crippen molar-refractivity contribution in [2.45, 2.75) is 18.7 Å². The van der Waals surface area contributed by atoms with Gasteiger partial charge in [0, 0.05) is 19.2 Å². The molecular formula is C20H21N3O3S. The van der Waals surface area contributed by atoms with Crippen LogP contribution in [0.1, 0.15) is 11.1 Å². The first kappa shape index (κ1) is 19.0. The van der Waals surface area contributed by atoms with E-state index >= 15 is 0 Å². The lowest BCUT2D eigenvalue weighted by atomic mass is 10.1. The minimum absolute atomic E-state index is 0.00690. The van der Waals surface area contributed by atoms with E-state index in [1.807, 2.05) is 55.5 Å². The summed E-state index contributed by atoms with van der Waals surface area (Å²) in [6.07, 6.45) is 0. The van der Waals surface area contributed by atoms with Crippen molar-refractivity contribution in [2.24, 2.45) is 0 Å². The highest BCUT2D eigenvalue weighted by Gasteiger charge is 2.14. The molecule has 0 radical (unpaired) electrons. The highest BCUT2D eigenvalue weighted by molar-refractivity contribution is 7.99. The van der Waals surface area contributed by atoms with E-state index in [-0.39, 0.29) is 11.7 Å². The predicted octanol–water partition coefficient (Wildman–Crippen LogP) is 3.80. The maximum Gasteiger partial charge on any atom is 0.277 e. The van der Waals surface area contributed by atoms with Crippen molar-refractivity contribution in [3.63, 3.8) is 0 Å². The Hall–Kier alpha value is -2.80. The van der Waals surface area contributed by atoms with Crippen LogP contribution >= 0.6 is 11.8 Å². The number of aryl methyl sites for hydroxylation is 1. The summed E-state index contributed by atoms with van der Waals surface area (Å²) < 4.78 is 10.8. The largest absolute Gasteiger partial charge is 0.497 e. The van der Waals surface area contributed by atoms with Gasteiger partial charge in [-0.3, -0.25) is 4.79 Å². The van der Waals surface area contributed by atoms with Crippen molar-refractivity contribution in [1.82, 2.24) is 15.1 Å². The Balaban J connectivity index is 1.56. The molecule has 0 aliphatic rings. The second-order valence-corrected chi connectivity index (χ2v) is 6.99. The molecule has 2 aromatic carbocycles. The Morgan fingerprint density at radius 3 is 2.59 bits per heavy atom. The monoisotopic (exact) mass is 383 g/mol. The molecule has 6 nitrogen and oxygen atoms in total. The fourth-order valence-electron chi connectivity index (χ4n) is 2.48. The SMILES string of the molecule is COc1ccc(-c2nnc(SCC(=O)N(C)Cc3ccccc3C)o2)cc1. The average molecular weight is 383 g/mol. The first-order valence-electron chi connectivity index (χ1n) is 8.46. The van der Waals surface area contributed by atoms with Crippen LogP contribution in [-0.4, -0.2) is 40.9 Å². The number of aromatic nitrogens is 2. The zero-order chi connectivity index (χ0) is 19.2. The van der Waals surface area contributed by atoms with E-state index in [1.54, 1.807) is 19.1 Å². The topological polar surface area (TPSA) is 68.5 Å². The lowest BCUT2D eigenvalue weighted by Gasteiger charge is -2.17. The van der Waals surface area contributed by atoms with Crippen molar-refractivity contribution in [3.8, 4) is 17.2 Å². The Kier molecular flexibility index (Phi) is 6.13. The molecule has 27 heavy (non-hydrogen) atoms. The van der Waals surface area contributed by atoms with Gasteiger partial charge in [-0.05, 0) is 42.3 Å². The highest BCUT2D eigenvalue weighted by Crippen LogP contribution is 2.25. The van der Waals surface area contributed by atoms with E-state index in [0.29, 0.717) is 17.7 Å². The van der Waals surface area contributed by atoms with Gasteiger partial charge in [0.2, 0.25) is 11.8 Å². The zero-order valence-corrected chi connectivity index (χ0v) is 16.3. The van der Waals surface area contributed by atoms with Gasteiger partial charge in [0.05, 0.1) is 12.9 Å². The normalized spacial score (nSPS) is 10.6. The van der Waals surface area contributed by atoms with Crippen LogP contribution in [0.25, 0.3) is 11.5 Å². The summed E-state index contributed by atoms with van der Waals surface area (Å²) in [6.45, 7) is 2.62. The van der Waals surface area contributed by atoms with Crippen molar-refractivity contribution >= 4 is 17.7 Å². The first-order valence-corrected chi connectivity index (χ1v) is 9.44. The third-order valence-corrected chi connectivity index (χ3v) is 4.96. The van der Waals surface area contributed by atoms with Gasteiger partial charge in [0.1, 0.15) is 5.75 Å². The van der Waals surface area contributed by atoms with Gasteiger partial charge < -0.3 is 14.1 Å². The molecule has 1 amide bonds. The number of ether oxygens (including phenoxy) is 1. The number of nitrogens with zero attached hydrogens (tertiary/aromatic N) is 3. The summed E-state index contributed by atoms with van der Waals surface area (Å²) in [6, 6.07) is 15.4. The molecule has 140 valence electrons. The molecule has 0 N–H and O–H groups in total. The second-order valence-electron chi connectivity index (χ2n) is 6.07. The van der Waals surface area contributed by atoms with E-state index < -0.39 is 0 Å². The summed E-state index contributed by atoms with van der Waals surface area (Å²) >= 11 is 1.24. The quantitative estimate of drug-likeness (QED) is 0.578. The Labute approximate surface area is 162 Å². The molecule has 3 rings (SSSR count). The van der Waals surface area contributed by atoms with Crippen LogP contribution in [0.2, 0.25) is 0 Å². The molecule has 0 saturated carbocycles. The van der Waals surface area contributed by atoms with Crippen LogP contribution in [-0.2, 0) is 11.3 Å². The first-order chi connectivity index (χ1) is 13.1. The number of rotatable bonds is 7. The standard InChI is InChI=1S/C20H21N3O3S/c1-14-6-4-5-7-16(14)12-23(2)18(24)13-27-20-22-21-19(26-20)15-8-10-17(25-3)11-9-15/h4-11H,12-13H2,1-3H3. The van der Waals surface area contributed by atoms with E-state index in [1.165, 1.54) is 17.3 Å². The number of hydrogen-bond acceptors (Lipinski definition) is 6. The molecule has 0 bridgehead atoms. The highest BCUT2D eigenvalue weighted by atomic mass is 32.2. The van der Waals surface area contributed by atoms with Crippen LogP contribution < -0.4 is 4.74 Å². The second kappa shape index (κ2) is 8.73. The fourth-order valence-corrected chi connectivity index (χ4v) is 3.19. The van der Waals surface area contributed by atoms with E-state index in [4.69, 9.17) is 9.15 Å². The number of hydrogen-bond donors (Lipinski definition) is 0. The van der Waals surface area contributed by atoms with Crippen LogP contribution in [0.3, 0.4) is 0 Å². The van der Waals surface area contributed by atoms with E-state index in [2.05, 4.69) is 10.2 Å². The molecule has 0 fully saturated rings. The Morgan fingerprint density at radius 1 is 1.15 bits per heavy atom. The number of carbonyl (C=O) groups excluding carboxylic acids is 1. The van der Waals surface area contributed by atoms with Crippen LogP contribution in [0, 0.1) is 6.92 Å². The van der Waals surface area contributed by atoms with E-state index in [0.717, 1.165) is 16.9 Å². The number of methoxy groups -OCH3 is 1. The molecule has 0 saturated heterocycles. The number of amides is 1. The molecule has 0 unspecified atom stereocenters. The molecule has 0 spiro atoms. The predicted molar refractivity (Wildman–Crippen MR) is 105 cm³/mol. The molecular weight excluding hydrogens is 362 g/mol. The average Bonchev–Trinajstić information content (AvgIpc) is 3.17. The van der Waals surface area contributed by atoms with Crippen molar-refractivity contribution in [1.29, 1.82) is 0 Å². The number of thioether (sulfide) groups is 1. The van der Waals surface area contributed by atoms with Gasteiger partial charge in [0.15, 0.2) is 0 Å². The van der Waals surface area contributed by atoms with Crippen LogP contribution in [0.4, 0.5) is 0 Å². The molecule has 0 atom stereocenters. The fraction of sp³-hybridized carbons (Fsp3) is 0.250. The van der Waals surface area contributed by atoms with Gasteiger partial charge in [-0.15, -0.1) is 10.2 Å². The summed E-state index contributed by atoms with van der Waals surface area (Å²) in [7, 11) is 3.41. The van der Waals surface area contributed by atoms with Gasteiger partial charge in [-0.25, -0.2) is 0 Å². The molecule has 0 aliphatic heterocycles. The lowest BCUT2D eigenvalue weighted by molar-refractivity contribution is -0.127. The summed E-state index contributed by atoms with van der Waals surface area (Å²) in [4.78, 5) is 14.1. The number of benzene rings is 2. The van der Waals surface area contributed by atoms with Gasteiger partial charge in [0.25, 0.3) is 5.22 Å². The summed E-state index contributed by atoms with van der Waals surface area (Å²) in [5.74, 6) is 1.43. The smallest absolute Gasteiger partial charge is 0.277 e. The van der Waals surface area contributed by atoms with Crippen LogP contribution in [0.5, 0.6) is 5.75 Å². The molecule has 3 aromatic rings. The third-order valence-electron chi connectivity index (χ3n) is 4.16. The third kappa shape index (κ3) is 4.89. The Morgan fingerprint density at radius 2 is 1.89 bits per heavy atom. The number of carbonyl (C=O) groups is 1. The maximum absolute atomic E-state index is 12.4. The van der Waals surface area contributed by atoms with Crippen LogP contribution in [0.15, 0.2) is 58.2 Å². The molecule has 1 heterocycles. The summed E-state index contributed by atoms with van der Waals surface area (Å²) in [5, 5.41) is 8.42. The minimum Gasteiger partial charge on any atom is -0.497 e. The zero-order valence-electron chi connectivity index (χ0n) is 15.5. The van der Waals surface area contributed by atoms with Gasteiger partial charge >= 0.3 is 0 Å². The van der Waals surface area contributed by atoms with Gasteiger partial charge in [-0.1, -0.05) is 36.0 Å². The van der Waals surface area contributed by atoms with Crippen molar-refractivity contribution < 1.29 is 13.9 Å². The van der Waals surface area contributed by atoms with Crippen molar-refractivity contribution in [3.05, 3.63) is 59.7 Å². The van der Waals surface area contributed by atoms with Gasteiger partial charge in [-0.2, -0.15) is 0 Å². The van der Waals surface area contributed by atoms with E-state index in [9.17, 15) is 4.79 Å². The molecule has 7 heteroatoms. The molecule has 1 aromatic heterocycles. The Bertz CT molecular complexity index is 909. The van der Waals surface area contributed by atoms with Crippen molar-refractivity contribution in [2.75, 3.05) is 19.9 Å². The lowest BCUT2D eigenvalue weighted by Crippen LogP contribution is -2.28.